The van der Waals surface area contributed by atoms with Crippen LogP contribution in [0, 0.1) is 0 Å². The number of alkyl halides is 2. The Morgan fingerprint density at radius 2 is 1.95 bits per heavy atom. The molecule has 120 valence electrons. The monoisotopic (exact) mass is 362 g/mol. The largest absolute Gasteiger partial charge is 0.293 e. The van der Waals surface area contributed by atoms with Gasteiger partial charge in [-0.3, -0.25) is 9.98 Å². The first-order chi connectivity index (χ1) is 9.92. The van der Waals surface area contributed by atoms with Crippen LogP contribution in [0.1, 0.15) is 46.2 Å². The van der Waals surface area contributed by atoms with Gasteiger partial charge in [-0.05, 0) is 32.1 Å². The van der Waals surface area contributed by atoms with Crippen LogP contribution in [-0.4, -0.2) is 24.2 Å². The molecule has 0 saturated carbocycles. The third-order valence-electron chi connectivity index (χ3n) is 2.35. The maximum atomic E-state index is 12.2. The summed E-state index contributed by atoms with van der Waals surface area (Å²) < 4.78 is 25.2. The molecule has 0 N–H and O–H groups in total. The first-order valence-electron chi connectivity index (χ1n) is 6.88. The second kappa shape index (κ2) is 13.9. The lowest BCUT2D eigenvalue weighted by atomic mass is 10.1. The van der Waals surface area contributed by atoms with Crippen LogP contribution in [0.25, 0.3) is 0 Å². The third-order valence-corrected chi connectivity index (χ3v) is 2.84. The van der Waals surface area contributed by atoms with Gasteiger partial charge < -0.3 is 0 Å². The molecule has 1 heterocycles. The Bertz CT molecular complexity index is 432. The number of nitrogens with zero attached hydrogens (tertiary/aromatic N) is 2. The van der Waals surface area contributed by atoms with E-state index >= 15 is 0 Å². The summed E-state index contributed by atoms with van der Waals surface area (Å²) in [6, 6.07) is 3.32. The lowest BCUT2D eigenvalue weighted by Crippen LogP contribution is -2.06. The summed E-state index contributed by atoms with van der Waals surface area (Å²) in [6.45, 7) is 9.41. The van der Waals surface area contributed by atoms with Crippen LogP contribution in [-0.2, 0) is 0 Å². The minimum atomic E-state index is -2.35. The fourth-order valence-electron chi connectivity index (χ4n) is 1.12. The van der Waals surface area contributed by atoms with Crippen LogP contribution < -0.4 is 0 Å². The molecule has 0 amide bonds. The maximum Gasteiger partial charge on any atom is 0.246 e. The van der Waals surface area contributed by atoms with Gasteiger partial charge in [-0.1, -0.05) is 42.8 Å². The second-order valence-electron chi connectivity index (χ2n) is 3.89. The van der Waals surface area contributed by atoms with E-state index < -0.39 is 12.3 Å². The highest BCUT2D eigenvalue weighted by Gasteiger charge is 2.17. The van der Waals surface area contributed by atoms with Crippen LogP contribution in [0.15, 0.2) is 39.9 Å². The van der Waals surface area contributed by atoms with Crippen molar-refractivity contribution in [2.75, 3.05) is 7.05 Å². The van der Waals surface area contributed by atoms with E-state index in [4.69, 9.17) is 0 Å². The lowest BCUT2D eigenvalue weighted by molar-refractivity contribution is 0.119. The van der Waals surface area contributed by atoms with Gasteiger partial charge in [0.25, 0.3) is 0 Å². The quantitative estimate of drug-likeness (QED) is 0.615. The molecule has 0 bridgehead atoms. The predicted octanol–water partition coefficient (Wildman–Crippen LogP) is 5.89. The van der Waals surface area contributed by atoms with Crippen LogP contribution in [0.2, 0.25) is 0 Å². The summed E-state index contributed by atoms with van der Waals surface area (Å²) in [7, 11) is 1.79. The summed E-state index contributed by atoms with van der Waals surface area (Å²) >= 11 is 3.19. The van der Waals surface area contributed by atoms with Gasteiger partial charge in [-0.15, -0.1) is 0 Å². The van der Waals surface area contributed by atoms with Crippen molar-refractivity contribution < 1.29 is 8.78 Å². The molecule has 1 aromatic rings. The molecule has 2 nitrogen and oxygen atoms in total. The number of hydrogen-bond donors (Lipinski definition) is 0. The van der Waals surface area contributed by atoms with E-state index in [1.807, 2.05) is 39.8 Å². The molecule has 1 unspecified atom stereocenters. The highest BCUT2D eigenvalue weighted by atomic mass is 79.9. The Hall–Kier alpha value is -1.10. The number of aliphatic imine (C=N–C) groups is 1. The minimum absolute atomic E-state index is 0.416. The SMILES string of the molecule is C/C=C\C(C)=NC.CC.CC(c1cc(Br)ccn1)C(F)F. The van der Waals surface area contributed by atoms with Crippen molar-refractivity contribution in [3.05, 3.63) is 40.6 Å². The molecule has 21 heavy (non-hydrogen) atoms. The Kier molecular flexibility index (Phi) is 14.6. The standard InChI is InChI=1S/C8H8BrF2N.C6H11N.C2H6/c1-5(8(10)11)7-4-6(9)2-3-12-7;1-4-5-6(2)7-3;1-2/h2-5,8H,1H3;4-5H,1-3H3;1-2H3/b;5-4-,7-6?;. The Labute approximate surface area is 135 Å². The van der Waals surface area contributed by atoms with E-state index in [1.165, 1.54) is 13.1 Å². The molecule has 1 atom stereocenters. The zero-order valence-corrected chi connectivity index (χ0v) is 15.2. The molecule has 1 rings (SSSR count). The van der Waals surface area contributed by atoms with E-state index in [0.29, 0.717) is 5.69 Å². The van der Waals surface area contributed by atoms with Gasteiger partial charge in [0.05, 0.1) is 5.92 Å². The summed E-state index contributed by atoms with van der Waals surface area (Å²) in [6.07, 6.45) is 3.10. The molecule has 0 spiro atoms. The van der Waals surface area contributed by atoms with Crippen LogP contribution >= 0.6 is 15.9 Å². The highest BCUT2D eigenvalue weighted by Crippen LogP contribution is 2.22. The molecule has 0 aliphatic carbocycles. The summed E-state index contributed by atoms with van der Waals surface area (Å²) in [5, 5.41) is 0. The van der Waals surface area contributed by atoms with Crippen LogP contribution in [0.5, 0.6) is 0 Å². The van der Waals surface area contributed by atoms with Crippen molar-refractivity contribution in [3.63, 3.8) is 0 Å². The van der Waals surface area contributed by atoms with E-state index in [9.17, 15) is 8.78 Å². The van der Waals surface area contributed by atoms with E-state index in [2.05, 4.69) is 25.9 Å². The smallest absolute Gasteiger partial charge is 0.246 e. The van der Waals surface area contributed by atoms with Gasteiger partial charge >= 0.3 is 0 Å². The van der Waals surface area contributed by atoms with E-state index in [1.54, 1.807) is 19.2 Å². The fourth-order valence-corrected chi connectivity index (χ4v) is 1.47. The molecule has 0 fully saturated rings. The molecular formula is C16H25BrF2N2. The van der Waals surface area contributed by atoms with Gasteiger partial charge in [0.15, 0.2) is 0 Å². The molecule has 0 aliphatic rings. The predicted molar refractivity (Wildman–Crippen MR) is 91.6 cm³/mol. The average molecular weight is 363 g/mol. The van der Waals surface area contributed by atoms with E-state index in [0.717, 1.165) is 10.2 Å². The molecule has 5 heteroatoms. The van der Waals surface area contributed by atoms with Crippen LogP contribution in [0.3, 0.4) is 0 Å². The fraction of sp³-hybridized carbons (Fsp3) is 0.500. The Balaban J connectivity index is 0. The normalized spacial score (nSPS) is 12.4. The van der Waals surface area contributed by atoms with Crippen molar-refractivity contribution in [2.24, 2.45) is 4.99 Å². The van der Waals surface area contributed by atoms with Gasteiger partial charge in [0.2, 0.25) is 6.43 Å². The lowest BCUT2D eigenvalue weighted by Gasteiger charge is -2.08. The summed E-state index contributed by atoms with van der Waals surface area (Å²) in [4.78, 5) is 7.76. The maximum absolute atomic E-state index is 12.2. The van der Waals surface area contributed by atoms with Crippen molar-refractivity contribution in [3.8, 4) is 0 Å². The van der Waals surface area contributed by atoms with Gasteiger partial charge in [0, 0.05) is 29.1 Å². The van der Waals surface area contributed by atoms with Crippen molar-refractivity contribution in [2.45, 2.75) is 47.0 Å². The van der Waals surface area contributed by atoms with Crippen molar-refractivity contribution in [1.82, 2.24) is 4.98 Å². The molecule has 0 aliphatic heterocycles. The molecular weight excluding hydrogens is 338 g/mol. The highest BCUT2D eigenvalue weighted by molar-refractivity contribution is 9.10. The Morgan fingerprint density at radius 3 is 2.29 bits per heavy atom. The number of allylic oxidation sites excluding steroid dienone is 2. The number of pyridine rings is 1. The van der Waals surface area contributed by atoms with Gasteiger partial charge in [0.1, 0.15) is 0 Å². The summed E-state index contributed by atoms with van der Waals surface area (Å²) in [5.41, 5.74) is 1.49. The molecule has 0 saturated heterocycles. The van der Waals surface area contributed by atoms with Gasteiger partial charge in [-0.2, -0.15) is 0 Å². The van der Waals surface area contributed by atoms with Crippen molar-refractivity contribution >= 4 is 21.6 Å². The minimum Gasteiger partial charge on any atom is -0.293 e. The molecule has 0 radical (unpaired) electrons. The molecule has 0 aromatic carbocycles. The summed E-state index contributed by atoms with van der Waals surface area (Å²) in [5.74, 6) is -0.803. The first-order valence-corrected chi connectivity index (χ1v) is 7.67. The zero-order chi connectivity index (χ0) is 16.8. The first kappa shape index (κ1) is 22.2. The van der Waals surface area contributed by atoms with E-state index in [-0.39, 0.29) is 0 Å². The topological polar surface area (TPSA) is 25.2 Å². The number of rotatable bonds is 3. The average Bonchev–Trinajstić information content (AvgIpc) is 2.49. The van der Waals surface area contributed by atoms with Crippen molar-refractivity contribution in [1.29, 1.82) is 0 Å². The number of aromatic nitrogens is 1. The van der Waals surface area contributed by atoms with Gasteiger partial charge in [-0.25, -0.2) is 8.78 Å². The number of hydrogen-bond acceptors (Lipinski definition) is 2. The zero-order valence-electron chi connectivity index (χ0n) is 13.6. The number of halogens is 3. The molecule has 1 aromatic heterocycles. The van der Waals surface area contributed by atoms with Crippen LogP contribution in [0.4, 0.5) is 8.78 Å². The third kappa shape index (κ3) is 11.3. The Morgan fingerprint density at radius 1 is 1.38 bits per heavy atom. The second-order valence-corrected chi connectivity index (χ2v) is 4.80.